The Hall–Kier alpha value is -1.75. The lowest BCUT2D eigenvalue weighted by Crippen LogP contribution is -2.20. The zero-order valence-corrected chi connectivity index (χ0v) is 14.2. The molecule has 22 heavy (non-hydrogen) atoms. The Morgan fingerprint density at radius 2 is 1.95 bits per heavy atom. The van der Waals surface area contributed by atoms with E-state index < -0.39 is 0 Å². The van der Waals surface area contributed by atoms with Gasteiger partial charge in [-0.1, -0.05) is 68.9 Å². The minimum Gasteiger partial charge on any atom is -0.300 e. The summed E-state index contributed by atoms with van der Waals surface area (Å²) in [6.45, 7) is 6.33. The fourth-order valence-electron chi connectivity index (χ4n) is 2.49. The van der Waals surface area contributed by atoms with Gasteiger partial charge in [0.15, 0.2) is 0 Å². The van der Waals surface area contributed by atoms with Gasteiger partial charge in [0.2, 0.25) is 11.0 Å². The maximum absolute atomic E-state index is 12.5. The first-order valence-electron chi connectivity index (χ1n) is 7.84. The van der Waals surface area contributed by atoms with E-state index in [9.17, 15) is 4.79 Å². The molecule has 1 heterocycles. The molecule has 1 aromatic carbocycles. The Morgan fingerprint density at radius 1 is 1.23 bits per heavy atom. The number of nitrogens with one attached hydrogen (secondary N) is 1. The van der Waals surface area contributed by atoms with E-state index in [2.05, 4.69) is 29.4 Å². The number of amides is 1. The van der Waals surface area contributed by atoms with Crippen molar-refractivity contribution in [1.29, 1.82) is 0 Å². The molecule has 0 bridgehead atoms. The van der Waals surface area contributed by atoms with Crippen molar-refractivity contribution in [3.05, 3.63) is 40.9 Å². The van der Waals surface area contributed by atoms with Crippen LogP contribution in [0.15, 0.2) is 30.3 Å². The molecule has 1 aromatic heterocycles. The van der Waals surface area contributed by atoms with Gasteiger partial charge in [-0.2, -0.15) is 0 Å². The lowest BCUT2D eigenvalue weighted by molar-refractivity contribution is -0.117. The fourth-order valence-corrected chi connectivity index (χ4v) is 3.32. The maximum Gasteiger partial charge on any atom is 0.233 e. The molecule has 2 aromatic rings. The summed E-state index contributed by atoms with van der Waals surface area (Å²) in [5.41, 5.74) is 1.03. The molecule has 0 spiro atoms. The average Bonchev–Trinajstić information content (AvgIpc) is 2.98. The van der Waals surface area contributed by atoms with Crippen LogP contribution in [0.5, 0.6) is 0 Å². The Labute approximate surface area is 136 Å². The summed E-state index contributed by atoms with van der Waals surface area (Å²) in [6, 6.07) is 9.85. The van der Waals surface area contributed by atoms with Crippen LogP contribution >= 0.6 is 11.3 Å². The van der Waals surface area contributed by atoms with Crippen LogP contribution in [-0.2, 0) is 4.79 Å². The molecule has 4 nitrogen and oxygen atoms in total. The predicted octanol–water partition coefficient (Wildman–Crippen LogP) is 4.57. The van der Waals surface area contributed by atoms with Crippen molar-refractivity contribution in [2.75, 3.05) is 5.32 Å². The van der Waals surface area contributed by atoms with Gasteiger partial charge >= 0.3 is 0 Å². The summed E-state index contributed by atoms with van der Waals surface area (Å²) in [4.78, 5) is 12.5. The van der Waals surface area contributed by atoms with Gasteiger partial charge in [0, 0.05) is 5.92 Å². The minimum absolute atomic E-state index is 0.0143. The third kappa shape index (κ3) is 4.13. The number of anilines is 1. The molecule has 0 unspecified atom stereocenters. The molecule has 0 aliphatic heterocycles. The highest BCUT2D eigenvalue weighted by atomic mass is 32.1. The fraction of sp³-hybridized carbons (Fsp3) is 0.471. The zero-order valence-electron chi connectivity index (χ0n) is 13.4. The summed E-state index contributed by atoms with van der Waals surface area (Å²) in [5.74, 6) is 0.227. The smallest absolute Gasteiger partial charge is 0.233 e. The van der Waals surface area contributed by atoms with Crippen LogP contribution in [0.1, 0.15) is 62.4 Å². The second-order valence-corrected chi connectivity index (χ2v) is 6.51. The van der Waals surface area contributed by atoms with Gasteiger partial charge < -0.3 is 0 Å². The van der Waals surface area contributed by atoms with Crippen LogP contribution in [0.25, 0.3) is 0 Å². The van der Waals surface area contributed by atoms with E-state index in [1.807, 2.05) is 37.3 Å². The highest BCUT2D eigenvalue weighted by molar-refractivity contribution is 7.15. The molecule has 0 radical (unpaired) electrons. The number of hydrogen-bond acceptors (Lipinski definition) is 4. The summed E-state index contributed by atoms with van der Waals surface area (Å²) >= 11 is 1.48. The molecule has 1 amide bonds. The van der Waals surface area contributed by atoms with E-state index in [0.29, 0.717) is 11.0 Å². The van der Waals surface area contributed by atoms with Gasteiger partial charge in [0.05, 0.1) is 5.92 Å². The lowest BCUT2D eigenvalue weighted by Gasteiger charge is -2.13. The van der Waals surface area contributed by atoms with Crippen molar-refractivity contribution in [3.63, 3.8) is 0 Å². The second kappa shape index (κ2) is 8.03. The lowest BCUT2D eigenvalue weighted by atomic mass is 9.96. The first-order valence-corrected chi connectivity index (χ1v) is 8.66. The van der Waals surface area contributed by atoms with Crippen molar-refractivity contribution in [2.45, 2.75) is 51.9 Å². The number of hydrogen-bond donors (Lipinski definition) is 1. The number of nitrogens with zero attached hydrogens (tertiary/aromatic N) is 2. The van der Waals surface area contributed by atoms with Crippen molar-refractivity contribution in [3.8, 4) is 0 Å². The minimum atomic E-state index is -0.151. The van der Waals surface area contributed by atoms with Crippen LogP contribution in [-0.4, -0.2) is 16.1 Å². The highest BCUT2D eigenvalue weighted by Gasteiger charge is 2.20. The number of carbonyl (C=O) groups is 1. The Kier molecular flexibility index (Phi) is 6.07. The Bertz CT molecular complexity index is 597. The monoisotopic (exact) mass is 317 g/mol. The molecule has 1 N–H and O–H groups in total. The van der Waals surface area contributed by atoms with Gasteiger partial charge in [0.25, 0.3) is 0 Å². The molecule has 0 aliphatic rings. The molecular weight excluding hydrogens is 294 g/mol. The second-order valence-electron chi connectivity index (χ2n) is 5.50. The molecule has 0 aliphatic carbocycles. The standard InChI is InChI=1S/C17H23N3OS/c1-4-9-12(3)16-19-20-17(22-16)18-15(21)14(5-2)13-10-7-6-8-11-13/h6-8,10-12,14H,4-5,9H2,1-3H3,(H,18,20,21)/t12-,14-/m0/s1. The molecule has 5 heteroatoms. The molecule has 0 saturated carbocycles. The Balaban J connectivity index is 2.05. The van der Waals surface area contributed by atoms with Crippen LogP contribution in [0.3, 0.4) is 0 Å². The highest BCUT2D eigenvalue weighted by Crippen LogP contribution is 2.28. The predicted molar refractivity (Wildman–Crippen MR) is 91.3 cm³/mol. The van der Waals surface area contributed by atoms with Crippen molar-refractivity contribution >= 4 is 22.4 Å². The molecule has 2 rings (SSSR count). The maximum atomic E-state index is 12.5. The number of aromatic nitrogens is 2. The van der Waals surface area contributed by atoms with Crippen molar-refractivity contribution < 1.29 is 4.79 Å². The van der Waals surface area contributed by atoms with E-state index in [1.165, 1.54) is 11.3 Å². The van der Waals surface area contributed by atoms with Gasteiger partial charge in [-0.3, -0.25) is 10.1 Å². The van der Waals surface area contributed by atoms with E-state index in [4.69, 9.17) is 0 Å². The summed E-state index contributed by atoms with van der Waals surface area (Å²) in [7, 11) is 0. The molecule has 2 atom stereocenters. The van der Waals surface area contributed by atoms with E-state index in [0.717, 1.165) is 29.8 Å². The molecule has 118 valence electrons. The van der Waals surface area contributed by atoms with Crippen molar-refractivity contribution in [2.24, 2.45) is 0 Å². The van der Waals surface area contributed by atoms with Crippen LogP contribution in [0, 0.1) is 0 Å². The first-order chi connectivity index (χ1) is 10.7. The zero-order chi connectivity index (χ0) is 15.9. The number of rotatable bonds is 7. The van der Waals surface area contributed by atoms with Crippen LogP contribution in [0.2, 0.25) is 0 Å². The molecule has 0 saturated heterocycles. The van der Waals surface area contributed by atoms with E-state index >= 15 is 0 Å². The van der Waals surface area contributed by atoms with Gasteiger partial charge in [-0.25, -0.2) is 0 Å². The topological polar surface area (TPSA) is 54.9 Å². The van der Waals surface area contributed by atoms with Crippen LogP contribution < -0.4 is 5.32 Å². The normalized spacial score (nSPS) is 13.6. The molecular formula is C17H23N3OS. The summed E-state index contributed by atoms with van der Waals surface area (Å²) in [5, 5.41) is 12.8. The first kappa shape index (κ1) is 16.6. The number of benzene rings is 1. The Morgan fingerprint density at radius 3 is 2.59 bits per heavy atom. The average molecular weight is 317 g/mol. The largest absolute Gasteiger partial charge is 0.300 e. The van der Waals surface area contributed by atoms with Crippen molar-refractivity contribution in [1.82, 2.24) is 10.2 Å². The number of carbonyl (C=O) groups excluding carboxylic acids is 1. The van der Waals surface area contributed by atoms with Crippen LogP contribution in [0.4, 0.5) is 5.13 Å². The van der Waals surface area contributed by atoms with Gasteiger partial charge in [-0.15, -0.1) is 10.2 Å². The molecule has 0 fully saturated rings. The van der Waals surface area contributed by atoms with E-state index in [1.54, 1.807) is 0 Å². The van der Waals surface area contributed by atoms with Gasteiger partial charge in [0.1, 0.15) is 5.01 Å². The third-order valence-electron chi connectivity index (χ3n) is 3.74. The SMILES string of the molecule is CCC[C@H](C)c1nnc(NC(=O)[C@@H](CC)c2ccccc2)s1. The van der Waals surface area contributed by atoms with E-state index in [-0.39, 0.29) is 11.8 Å². The quantitative estimate of drug-likeness (QED) is 0.813. The summed E-state index contributed by atoms with van der Waals surface area (Å²) < 4.78 is 0. The summed E-state index contributed by atoms with van der Waals surface area (Å²) in [6.07, 6.45) is 2.96. The third-order valence-corrected chi connectivity index (χ3v) is 4.81. The van der Waals surface area contributed by atoms with Gasteiger partial charge in [-0.05, 0) is 18.4 Å².